The van der Waals surface area contributed by atoms with E-state index in [0.717, 1.165) is 16.7 Å². The number of hydrogen-bond acceptors (Lipinski definition) is 7. The molecule has 0 aromatic heterocycles. The smallest absolute Gasteiger partial charge is 0.238 e. The van der Waals surface area contributed by atoms with Crippen LogP contribution in [0.5, 0.6) is 17.2 Å². The highest BCUT2D eigenvalue weighted by Gasteiger charge is 2.66. The van der Waals surface area contributed by atoms with Crippen LogP contribution in [-0.2, 0) is 24.6 Å². The lowest BCUT2D eigenvalue weighted by atomic mass is 9.44. The second kappa shape index (κ2) is 14.6. The van der Waals surface area contributed by atoms with Crippen LogP contribution in [-0.4, -0.2) is 42.7 Å². The molecule has 4 aliphatic rings. The summed E-state index contributed by atoms with van der Waals surface area (Å²) in [6.07, 6.45) is 7.80. The molecule has 1 aliphatic heterocycles. The lowest BCUT2D eigenvalue weighted by Crippen LogP contribution is -2.58. The first-order valence-electron chi connectivity index (χ1n) is 19.5. The van der Waals surface area contributed by atoms with Gasteiger partial charge in [-0.2, -0.15) is 0 Å². The zero-order valence-corrected chi connectivity index (χ0v) is 32.1. The van der Waals surface area contributed by atoms with Gasteiger partial charge in [0.15, 0.2) is 11.6 Å². The number of methoxy groups -OCH3 is 2. The predicted molar refractivity (Wildman–Crippen MR) is 222 cm³/mol. The van der Waals surface area contributed by atoms with Gasteiger partial charge in [0.25, 0.3) is 0 Å². The normalized spacial score (nSPS) is 25.1. The van der Waals surface area contributed by atoms with E-state index in [1.54, 1.807) is 44.6 Å². The van der Waals surface area contributed by atoms with E-state index in [4.69, 9.17) is 9.47 Å². The molecular weight excluding hydrogens is 727 g/mol. The number of phenolic OH excluding ortho intramolecular Hbond substituents is 1. The summed E-state index contributed by atoms with van der Waals surface area (Å²) in [6.45, 7) is 0. The number of carbonyl (C=O) groups is 4. The summed E-state index contributed by atoms with van der Waals surface area (Å²) >= 11 is 0. The third kappa shape index (κ3) is 5.73. The fourth-order valence-electron chi connectivity index (χ4n) is 10.1. The zero-order valence-electron chi connectivity index (χ0n) is 32.1. The van der Waals surface area contributed by atoms with Crippen LogP contribution in [0.2, 0.25) is 0 Å². The molecule has 6 atom stereocenters. The number of rotatable bonds is 8. The number of carbonyl (C=O) groups excluding carboxylic acids is 4. The highest BCUT2D eigenvalue weighted by atomic mass is 16.5. The fraction of sp³-hybridized carbons (Fsp3) is 0.200. The molecule has 0 bridgehead atoms. The van der Waals surface area contributed by atoms with Gasteiger partial charge in [-0.05, 0) is 77.9 Å². The monoisotopic (exact) mass is 767 g/mol. The Morgan fingerprint density at radius 1 is 0.741 bits per heavy atom. The molecule has 5 aromatic rings. The van der Waals surface area contributed by atoms with Gasteiger partial charge >= 0.3 is 0 Å². The van der Waals surface area contributed by atoms with Crippen molar-refractivity contribution in [1.82, 2.24) is 0 Å². The van der Waals surface area contributed by atoms with Gasteiger partial charge in [-0.15, -0.1) is 0 Å². The molecule has 58 heavy (non-hydrogen) atoms. The second-order valence-corrected chi connectivity index (χ2v) is 15.4. The highest BCUT2D eigenvalue weighted by Crippen LogP contribution is 2.64. The lowest BCUT2D eigenvalue weighted by molar-refractivity contribution is -0.135. The first-order chi connectivity index (χ1) is 28.3. The number of fused-ring (bicyclic) bond motifs is 4. The minimum atomic E-state index is -1.41. The Morgan fingerprint density at radius 2 is 1.45 bits per heavy atom. The van der Waals surface area contributed by atoms with E-state index in [-0.39, 0.29) is 42.0 Å². The van der Waals surface area contributed by atoms with Crippen molar-refractivity contribution in [3.8, 4) is 17.2 Å². The summed E-state index contributed by atoms with van der Waals surface area (Å²) in [7, 11) is 3.22. The Kier molecular flexibility index (Phi) is 9.27. The Hall–Kier alpha value is -6.80. The summed E-state index contributed by atoms with van der Waals surface area (Å²) in [5, 5.41) is 11.5. The van der Waals surface area contributed by atoms with Gasteiger partial charge in [0.1, 0.15) is 17.2 Å². The third-order valence-electron chi connectivity index (χ3n) is 12.7. The molecule has 9 rings (SSSR count). The molecule has 0 unspecified atom stereocenters. The summed E-state index contributed by atoms with van der Waals surface area (Å²) in [5.41, 5.74) is 3.69. The van der Waals surface area contributed by atoms with Crippen molar-refractivity contribution < 1.29 is 33.8 Å². The molecule has 5 aromatic carbocycles. The van der Waals surface area contributed by atoms with E-state index in [2.05, 4.69) is 0 Å². The number of Topliss-reactive ketones (excluding diaryl/α,β-unsaturated/α-hetero) is 1. The Labute approximate surface area is 336 Å². The minimum absolute atomic E-state index is 0.00208. The van der Waals surface area contributed by atoms with Gasteiger partial charge in [-0.3, -0.25) is 24.1 Å². The molecule has 1 N–H and O–H groups in total. The molecule has 2 amide bonds. The molecule has 0 radical (unpaired) electrons. The topological polar surface area (TPSA) is 110 Å². The number of anilines is 1. The van der Waals surface area contributed by atoms with Crippen molar-refractivity contribution in [2.45, 2.75) is 24.2 Å². The maximum absolute atomic E-state index is 15.2. The second-order valence-electron chi connectivity index (χ2n) is 15.4. The van der Waals surface area contributed by atoms with E-state index in [0.29, 0.717) is 39.4 Å². The van der Waals surface area contributed by atoms with Crippen molar-refractivity contribution in [3.05, 3.63) is 173 Å². The van der Waals surface area contributed by atoms with E-state index < -0.39 is 35.0 Å². The maximum atomic E-state index is 15.2. The molecule has 0 spiro atoms. The van der Waals surface area contributed by atoms with Gasteiger partial charge in [-0.1, -0.05) is 115 Å². The fourth-order valence-corrected chi connectivity index (χ4v) is 10.1. The molecule has 8 nitrogen and oxygen atoms in total. The van der Waals surface area contributed by atoms with Crippen molar-refractivity contribution in [2.24, 2.45) is 23.7 Å². The number of phenols is 1. The van der Waals surface area contributed by atoms with Gasteiger partial charge in [0, 0.05) is 28.5 Å². The van der Waals surface area contributed by atoms with Crippen LogP contribution in [0.1, 0.15) is 46.6 Å². The van der Waals surface area contributed by atoms with Gasteiger partial charge in [0.05, 0.1) is 37.2 Å². The predicted octanol–water partition coefficient (Wildman–Crippen LogP) is 8.61. The van der Waals surface area contributed by atoms with Crippen LogP contribution >= 0.6 is 0 Å². The van der Waals surface area contributed by atoms with E-state index >= 15 is 9.59 Å². The number of hydrogen-bond donors (Lipinski definition) is 1. The quantitative estimate of drug-likeness (QED) is 0.0957. The van der Waals surface area contributed by atoms with Crippen molar-refractivity contribution >= 4 is 46.8 Å². The van der Waals surface area contributed by atoms with Crippen LogP contribution in [0.25, 0.3) is 17.7 Å². The number of imide groups is 1. The van der Waals surface area contributed by atoms with Crippen LogP contribution in [0, 0.1) is 23.7 Å². The summed E-state index contributed by atoms with van der Waals surface area (Å²) < 4.78 is 10.9. The van der Waals surface area contributed by atoms with Crippen LogP contribution in [0.15, 0.2) is 145 Å². The number of amides is 2. The van der Waals surface area contributed by atoms with Gasteiger partial charge in [0.2, 0.25) is 11.8 Å². The summed E-state index contributed by atoms with van der Waals surface area (Å²) in [5.74, 6) is -3.27. The molecule has 288 valence electrons. The number of nitrogens with zero attached hydrogens (tertiary/aromatic N) is 1. The Bertz CT molecular complexity index is 2560. The lowest BCUT2D eigenvalue weighted by Gasteiger charge is -2.55. The molecule has 1 saturated carbocycles. The number of allylic oxidation sites excluding steroid dienone is 4. The molecule has 3 aliphatic carbocycles. The standard InChI is InChI=1S/C50H41NO7/c1-57-35-23-26-43(58-2)32(27-35)20-17-30-18-21-34(22-19-30)51-48(55)38-25-24-36-40(45(38)49(51)56)28-41-47(54)39(31-11-5-3-6-12-31)29-44(53)50(41,33-13-7-4-8-14-33)46(36)37-15-9-10-16-42(37)52/h3-24,26-27,29,38,40-41,45-46,52H,25,28H2,1-2H3/t38-,40+,41-,45-,46+,50-/m0/s1. The molecule has 1 heterocycles. The molecule has 1 saturated heterocycles. The average molecular weight is 768 g/mol. The van der Waals surface area contributed by atoms with Crippen molar-refractivity contribution in [3.63, 3.8) is 0 Å². The van der Waals surface area contributed by atoms with E-state index in [1.165, 1.54) is 11.0 Å². The van der Waals surface area contributed by atoms with Gasteiger partial charge < -0.3 is 14.6 Å². The van der Waals surface area contributed by atoms with Crippen LogP contribution in [0.4, 0.5) is 5.69 Å². The van der Waals surface area contributed by atoms with Crippen LogP contribution < -0.4 is 14.4 Å². The average Bonchev–Trinajstić information content (AvgIpc) is 3.52. The van der Waals surface area contributed by atoms with E-state index in [1.807, 2.05) is 115 Å². The number of aromatic hydroxyl groups is 1. The number of para-hydroxylation sites is 1. The zero-order chi connectivity index (χ0) is 40.1. The maximum Gasteiger partial charge on any atom is 0.238 e. The van der Waals surface area contributed by atoms with E-state index in [9.17, 15) is 14.7 Å². The van der Waals surface area contributed by atoms with Crippen LogP contribution in [0.3, 0.4) is 0 Å². The molecule has 2 fully saturated rings. The highest BCUT2D eigenvalue weighted by molar-refractivity contribution is 6.32. The first-order valence-corrected chi connectivity index (χ1v) is 19.5. The largest absolute Gasteiger partial charge is 0.508 e. The Morgan fingerprint density at radius 3 is 2.16 bits per heavy atom. The molecular formula is C50H41NO7. The van der Waals surface area contributed by atoms with Crippen molar-refractivity contribution in [1.29, 1.82) is 0 Å². The summed E-state index contributed by atoms with van der Waals surface area (Å²) in [4.78, 5) is 60.7. The van der Waals surface area contributed by atoms with Gasteiger partial charge in [-0.25, -0.2) is 0 Å². The summed E-state index contributed by atoms with van der Waals surface area (Å²) in [6, 6.07) is 38.3. The molecule has 8 heteroatoms. The first kappa shape index (κ1) is 36.8. The number of benzene rings is 5. The number of ether oxygens (including phenoxy) is 2. The number of ketones is 2. The van der Waals surface area contributed by atoms with Crippen molar-refractivity contribution in [2.75, 3.05) is 19.1 Å². The third-order valence-corrected chi connectivity index (χ3v) is 12.7. The SMILES string of the molecule is COc1ccc(OC)c(C=Cc2ccc(N3C(=O)[C@H]4[C@H](CC=C5[C@H]4C[C@H]4C(=O)C(c6ccccc6)=CC(=O)[C@@]4(c4ccccc4)[C@H]5c4ccccc4O)C3=O)cc2)c1. The minimum Gasteiger partial charge on any atom is -0.508 e. The Balaban J connectivity index is 1.12.